The molecule has 4 heteroatoms. The van der Waals surface area contributed by atoms with Gasteiger partial charge in [-0.3, -0.25) is 4.90 Å². The van der Waals surface area contributed by atoms with Gasteiger partial charge in [-0.15, -0.1) is 0 Å². The van der Waals surface area contributed by atoms with Crippen LogP contribution in [-0.4, -0.2) is 36.1 Å². The summed E-state index contributed by atoms with van der Waals surface area (Å²) in [7, 11) is 0. The van der Waals surface area contributed by atoms with Gasteiger partial charge in [-0.25, -0.2) is 4.79 Å². The summed E-state index contributed by atoms with van der Waals surface area (Å²) in [6.45, 7) is 7.03. The van der Waals surface area contributed by atoms with Crippen molar-refractivity contribution < 1.29 is 9.53 Å². The van der Waals surface area contributed by atoms with Crippen LogP contribution in [0.4, 0.5) is 5.69 Å². The van der Waals surface area contributed by atoms with E-state index in [1.54, 1.807) is 0 Å². The number of hydrogen-bond acceptors (Lipinski definition) is 4. The topological polar surface area (TPSA) is 41.6 Å². The number of benzene rings is 2. The van der Waals surface area contributed by atoms with Gasteiger partial charge in [-0.1, -0.05) is 55.5 Å². The standard InChI is InChI=1S/C22H28N2O2/c1-3-26-21(25)22(23-20-12-8-5-9-13-20)14-15-24(16-18(22)2)17-19-10-6-4-7-11-19/h4-13,18,23H,3,14-17H2,1-2H3/t18-,22+/m1/s1. The van der Waals surface area contributed by atoms with E-state index in [4.69, 9.17) is 4.74 Å². The van der Waals surface area contributed by atoms with Crippen LogP contribution in [0, 0.1) is 5.92 Å². The number of rotatable bonds is 6. The summed E-state index contributed by atoms with van der Waals surface area (Å²) in [5, 5.41) is 3.51. The van der Waals surface area contributed by atoms with Crippen molar-refractivity contribution in [1.29, 1.82) is 0 Å². The lowest BCUT2D eigenvalue weighted by atomic mass is 9.78. The lowest BCUT2D eigenvalue weighted by Crippen LogP contribution is -2.60. The Morgan fingerprint density at radius 3 is 2.42 bits per heavy atom. The number of carbonyl (C=O) groups excluding carboxylic acids is 1. The first kappa shape index (κ1) is 18.5. The Morgan fingerprint density at radius 2 is 1.81 bits per heavy atom. The molecule has 138 valence electrons. The molecule has 1 fully saturated rings. The summed E-state index contributed by atoms with van der Waals surface area (Å²) in [6.07, 6.45) is 0.731. The largest absolute Gasteiger partial charge is 0.464 e. The van der Waals surface area contributed by atoms with Gasteiger partial charge in [-0.2, -0.15) is 0 Å². The van der Waals surface area contributed by atoms with Crippen molar-refractivity contribution in [3.8, 4) is 0 Å². The van der Waals surface area contributed by atoms with Crippen molar-refractivity contribution in [1.82, 2.24) is 4.90 Å². The molecular formula is C22H28N2O2. The third-order valence-electron chi connectivity index (χ3n) is 5.23. The quantitative estimate of drug-likeness (QED) is 0.800. The summed E-state index contributed by atoms with van der Waals surface area (Å²) < 4.78 is 5.46. The number of piperidine rings is 1. The summed E-state index contributed by atoms with van der Waals surface area (Å²) in [4.78, 5) is 15.3. The van der Waals surface area contributed by atoms with E-state index in [1.807, 2.05) is 43.3 Å². The Labute approximate surface area is 156 Å². The van der Waals surface area contributed by atoms with Gasteiger partial charge in [0.05, 0.1) is 6.61 Å². The summed E-state index contributed by atoms with van der Waals surface area (Å²) in [5.74, 6) is -0.00469. The fraction of sp³-hybridized carbons (Fsp3) is 0.409. The van der Waals surface area contributed by atoms with Gasteiger partial charge < -0.3 is 10.1 Å². The van der Waals surface area contributed by atoms with Gasteiger partial charge in [0.25, 0.3) is 0 Å². The molecule has 4 nitrogen and oxygen atoms in total. The van der Waals surface area contributed by atoms with E-state index >= 15 is 0 Å². The third kappa shape index (κ3) is 4.07. The zero-order valence-electron chi connectivity index (χ0n) is 15.7. The molecule has 0 unspecified atom stereocenters. The molecule has 0 radical (unpaired) electrons. The second-order valence-electron chi connectivity index (χ2n) is 7.05. The minimum absolute atomic E-state index is 0.138. The van der Waals surface area contributed by atoms with E-state index in [9.17, 15) is 4.79 Å². The van der Waals surface area contributed by atoms with Gasteiger partial charge in [0.15, 0.2) is 0 Å². The van der Waals surface area contributed by atoms with Crippen molar-refractivity contribution in [2.24, 2.45) is 5.92 Å². The molecule has 0 spiro atoms. The van der Waals surface area contributed by atoms with Crippen LogP contribution in [-0.2, 0) is 16.1 Å². The minimum atomic E-state index is -0.676. The van der Waals surface area contributed by atoms with Gasteiger partial charge in [0.1, 0.15) is 5.54 Å². The van der Waals surface area contributed by atoms with E-state index in [-0.39, 0.29) is 11.9 Å². The fourth-order valence-electron chi connectivity index (χ4n) is 3.78. The first-order valence-electron chi connectivity index (χ1n) is 9.41. The van der Waals surface area contributed by atoms with Crippen LogP contribution in [0.2, 0.25) is 0 Å². The highest BCUT2D eigenvalue weighted by Crippen LogP contribution is 2.33. The first-order chi connectivity index (χ1) is 12.6. The Balaban J connectivity index is 1.76. The number of likely N-dealkylation sites (tertiary alicyclic amines) is 1. The van der Waals surface area contributed by atoms with Crippen molar-refractivity contribution in [3.05, 3.63) is 66.2 Å². The zero-order valence-corrected chi connectivity index (χ0v) is 15.7. The van der Waals surface area contributed by atoms with Gasteiger partial charge >= 0.3 is 5.97 Å². The Morgan fingerprint density at radius 1 is 1.15 bits per heavy atom. The monoisotopic (exact) mass is 352 g/mol. The maximum atomic E-state index is 12.9. The predicted octanol–water partition coefficient (Wildman–Crippen LogP) is 3.94. The van der Waals surface area contributed by atoms with Crippen molar-refractivity contribution in [2.75, 3.05) is 25.0 Å². The highest BCUT2D eigenvalue weighted by Gasteiger charge is 2.48. The van der Waals surface area contributed by atoms with E-state index in [1.165, 1.54) is 5.56 Å². The lowest BCUT2D eigenvalue weighted by molar-refractivity contribution is -0.152. The van der Waals surface area contributed by atoms with Gasteiger partial charge in [0.2, 0.25) is 0 Å². The molecule has 0 bridgehead atoms. The van der Waals surface area contributed by atoms with E-state index in [0.717, 1.165) is 31.7 Å². The average molecular weight is 352 g/mol. The van der Waals surface area contributed by atoms with E-state index in [0.29, 0.717) is 6.61 Å². The molecule has 26 heavy (non-hydrogen) atoms. The van der Waals surface area contributed by atoms with Crippen LogP contribution in [0.25, 0.3) is 0 Å². The number of nitrogens with zero attached hydrogens (tertiary/aromatic N) is 1. The molecule has 3 rings (SSSR count). The molecular weight excluding hydrogens is 324 g/mol. The number of para-hydroxylation sites is 1. The van der Waals surface area contributed by atoms with Crippen LogP contribution in [0.5, 0.6) is 0 Å². The van der Waals surface area contributed by atoms with Crippen molar-refractivity contribution >= 4 is 11.7 Å². The molecule has 1 heterocycles. The summed E-state index contributed by atoms with van der Waals surface area (Å²) >= 11 is 0. The number of nitrogens with one attached hydrogen (secondary N) is 1. The van der Waals surface area contributed by atoms with Gasteiger partial charge in [0, 0.05) is 31.2 Å². The Bertz CT molecular complexity index is 705. The molecule has 0 aromatic heterocycles. The molecule has 1 saturated heterocycles. The second kappa shape index (κ2) is 8.37. The molecule has 2 aromatic carbocycles. The molecule has 0 saturated carbocycles. The normalized spacial score (nSPS) is 23.4. The number of hydrogen-bond donors (Lipinski definition) is 1. The molecule has 1 N–H and O–H groups in total. The molecule has 2 atom stereocenters. The highest BCUT2D eigenvalue weighted by atomic mass is 16.5. The fourth-order valence-corrected chi connectivity index (χ4v) is 3.78. The van der Waals surface area contributed by atoms with Crippen LogP contribution in [0.3, 0.4) is 0 Å². The Hall–Kier alpha value is -2.33. The van der Waals surface area contributed by atoms with Crippen LogP contribution in [0.1, 0.15) is 25.8 Å². The molecule has 0 amide bonds. The summed E-state index contributed by atoms with van der Waals surface area (Å²) in [5.41, 5.74) is 1.59. The molecule has 0 aliphatic carbocycles. The van der Waals surface area contributed by atoms with Crippen LogP contribution in [0.15, 0.2) is 60.7 Å². The number of ether oxygens (including phenoxy) is 1. The molecule has 2 aromatic rings. The zero-order chi connectivity index (χ0) is 18.4. The molecule has 1 aliphatic rings. The highest BCUT2D eigenvalue weighted by molar-refractivity contribution is 5.85. The maximum absolute atomic E-state index is 12.9. The van der Waals surface area contributed by atoms with Crippen LogP contribution < -0.4 is 5.32 Å². The third-order valence-corrected chi connectivity index (χ3v) is 5.23. The van der Waals surface area contributed by atoms with E-state index < -0.39 is 5.54 Å². The number of esters is 1. The van der Waals surface area contributed by atoms with Gasteiger partial charge in [-0.05, 0) is 31.0 Å². The maximum Gasteiger partial charge on any atom is 0.332 e. The number of carbonyl (C=O) groups is 1. The predicted molar refractivity (Wildman–Crippen MR) is 105 cm³/mol. The number of anilines is 1. The Kier molecular flexibility index (Phi) is 5.94. The average Bonchev–Trinajstić information content (AvgIpc) is 2.66. The van der Waals surface area contributed by atoms with Crippen molar-refractivity contribution in [2.45, 2.75) is 32.4 Å². The minimum Gasteiger partial charge on any atom is -0.464 e. The smallest absolute Gasteiger partial charge is 0.332 e. The lowest BCUT2D eigenvalue weighted by Gasteiger charge is -2.45. The summed E-state index contributed by atoms with van der Waals surface area (Å²) in [6, 6.07) is 20.4. The van der Waals surface area contributed by atoms with E-state index in [2.05, 4.69) is 41.4 Å². The van der Waals surface area contributed by atoms with Crippen LogP contribution >= 0.6 is 0 Å². The van der Waals surface area contributed by atoms with Crippen molar-refractivity contribution in [3.63, 3.8) is 0 Å². The second-order valence-corrected chi connectivity index (χ2v) is 7.05. The first-order valence-corrected chi connectivity index (χ1v) is 9.41. The SMILES string of the molecule is CCOC(=O)[C@]1(Nc2ccccc2)CCN(Cc2ccccc2)C[C@H]1C. The molecule has 1 aliphatic heterocycles.